The Labute approximate surface area is 134 Å². The highest BCUT2D eigenvalue weighted by molar-refractivity contribution is 9.10. The second-order valence-electron chi connectivity index (χ2n) is 5.62. The van der Waals surface area contributed by atoms with E-state index in [4.69, 9.17) is 0 Å². The monoisotopic (exact) mass is 370 g/mol. The van der Waals surface area contributed by atoms with E-state index in [2.05, 4.69) is 26.7 Å². The molecule has 0 saturated heterocycles. The maximum Gasteiger partial charge on any atom is 0.241 e. The summed E-state index contributed by atoms with van der Waals surface area (Å²) < 4.78 is 28.6. The minimum Gasteiger partial charge on any atom is -0.207 e. The molecule has 0 unspecified atom stereocenters. The topological polar surface area (TPSA) is 70.0 Å². The summed E-state index contributed by atoms with van der Waals surface area (Å²) in [5.41, 5.74) is -0.110. The van der Waals surface area contributed by atoms with Crippen molar-refractivity contribution in [2.75, 3.05) is 0 Å². The Morgan fingerprint density at radius 3 is 2.38 bits per heavy atom. The minimum atomic E-state index is -3.68. The van der Waals surface area contributed by atoms with Crippen LogP contribution in [0.1, 0.15) is 44.1 Å². The van der Waals surface area contributed by atoms with Crippen molar-refractivity contribution in [1.29, 1.82) is 5.26 Å². The molecule has 0 bridgehead atoms. The number of nitriles is 1. The summed E-state index contributed by atoms with van der Waals surface area (Å²) in [5.74, 6) is 0. The largest absolute Gasteiger partial charge is 0.241 e. The van der Waals surface area contributed by atoms with Crippen LogP contribution in [-0.4, -0.2) is 14.0 Å². The lowest BCUT2D eigenvalue weighted by Gasteiger charge is -2.26. The van der Waals surface area contributed by atoms with E-state index in [1.807, 2.05) is 6.92 Å². The van der Waals surface area contributed by atoms with E-state index in [-0.39, 0.29) is 4.90 Å². The van der Waals surface area contributed by atoms with Crippen LogP contribution in [0, 0.1) is 18.3 Å². The predicted molar refractivity (Wildman–Crippen MR) is 85.2 cm³/mol. The van der Waals surface area contributed by atoms with Crippen LogP contribution in [0.3, 0.4) is 0 Å². The number of sulfonamides is 1. The lowest BCUT2D eigenvalue weighted by Crippen LogP contribution is -2.46. The SMILES string of the molecule is Cc1cc(S(=O)(=O)NC2(C#N)CCCCCC2)ccc1Br. The molecule has 1 fully saturated rings. The minimum absolute atomic E-state index is 0.210. The molecule has 114 valence electrons. The summed E-state index contributed by atoms with van der Waals surface area (Å²) in [6.45, 7) is 1.84. The number of nitrogens with one attached hydrogen (secondary N) is 1. The highest BCUT2D eigenvalue weighted by Gasteiger charge is 2.35. The molecule has 0 aliphatic heterocycles. The molecule has 0 aromatic heterocycles. The summed E-state index contributed by atoms with van der Waals surface area (Å²) in [7, 11) is -3.68. The van der Waals surface area contributed by atoms with Crippen molar-refractivity contribution < 1.29 is 8.42 Å². The zero-order chi connectivity index (χ0) is 15.5. The van der Waals surface area contributed by atoms with Gasteiger partial charge >= 0.3 is 0 Å². The van der Waals surface area contributed by atoms with Crippen LogP contribution in [-0.2, 0) is 10.0 Å². The fourth-order valence-corrected chi connectivity index (χ4v) is 4.38. The molecule has 0 amide bonds. The molecule has 1 aliphatic rings. The van der Waals surface area contributed by atoms with Gasteiger partial charge in [-0.15, -0.1) is 0 Å². The van der Waals surface area contributed by atoms with E-state index >= 15 is 0 Å². The van der Waals surface area contributed by atoms with Gasteiger partial charge in [0.25, 0.3) is 0 Å². The molecule has 1 aliphatic carbocycles. The molecule has 21 heavy (non-hydrogen) atoms. The second-order valence-corrected chi connectivity index (χ2v) is 8.16. The van der Waals surface area contributed by atoms with Gasteiger partial charge in [-0.25, -0.2) is 8.42 Å². The first-order valence-electron chi connectivity index (χ1n) is 7.10. The average molecular weight is 371 g/mol. The second kappa shape index (κ2) is 6.47. The van der Waals surface area contributed by atoms with Crippen LogP contribution in [0.4, 0.5) is 0 Å². The van der Waals surface area contributed by atoms with Crippen molar-refractivity contribution in [3.8, 4) is 6.07 Å². The molecule has 2 rings (SSSR count). The van der Waals surface area contributed by atoms with Gasteiger partial charge in [-0.3, -0.25) is 0 Å². The molecular formula is C15H19BrN2O2S. The van der Waals surface area contributed by atoms with Gasteiger partial charge in [-0.2, -0.15) is 9.98 Å². The van der Waals surface area contributed by atoms with Crippen molar-refractivity contribution in [2.45, 2.75) is 55.9 Å². The number of hydrogen-bond donors (Lipinski definition) is 1. The average Bonchev–Trinajstić information content (AvgIpc) is 2.67. The van der Waals surface area contributed by atoms with Gasteiger partial charge in [-0.05, 0) is 43.5 Å². The Kier molecular flexibility index (Phi) is 5.07. The van der Waals surface area contributed by atoms with Gasteiger partial charge in [0.1, 0.15) is 5.54 Å². The molecule has 1 saturated carbocycles. The quantitative estimate of drug-likeness (QED) is 0.825. The van der Waals surface area contributed by atoms with Crippen molar-refractivity contribution in [3.63, 3.8) is 0 Å². The smallest absolute Gasteiger partial charge is 0.207 e. The van der Waals surface area contributed by atoms with Crippen molar-refractivity contribution in [1.82, 2.24) is 4.72 Å². The van der Waals surface area contributed by atoms with Crippen LogP contribution >= 0.6 is 15.9 Å². The van der Waals surface area contributed by atoms with Gasteiger partial charge in [-0.1, -0.05) is 41.6 Å². The highest BCUT2D eigenvalue weighted by atomic mass is 79.9. The number of halogens is 1. The molecular weight excluding hydrogens is 352 g/mol. The molecule has 0 radical (unpaired) electrons. The summed E-state index contributed by atoms with van der Waals surface area (Å²) in [6, 6.07) is 7.10. The zero-order valence-electron chi connectivity index (χ0n) is 12.0. The first kappa shape index (κ1) is 16.5. The summed E-state index contributed by atoms with van der Waals surface area (Å²) in [4.78, 5) is 0.210. The molecule has 1 aromatic carbocycles. The Bertz CT molecular complexity index is 657. The Balaban J connectivity index is 2.30. The van der Waals surface area contributed by atoms with Gasteiger partial charge < -0.3 is 0 Å². The van der Waals surface area contributed by atoms with Crippen LogP contribution in [0.25, 0.3) is 0 Å². The molecule has 0 heterocycles. The third-order valence-electron chi connectivity index (χ3n) is 3.94. The summed E-state index contributed by atoms with van der Waals surface area (Å²) in [5, 5.41) is 9.49. The molecule has 1 N–H and O–H groups in total. The molecule has 1 aromatic rings. The van der Waals surface area contributed by atoms with Gasteiger partial charge in [0.15, 0.2) is 0 Å². The first-order chi connectivity index (χ1) is 9.88. The zero-order valence-corrected chi connectivity index (χ0v) is 14.4. The van der Waals surface area contributed by atoms with E-state index in [1.165, 1.54) is 0 Å². The maximum absolute atomic E-state index is 12.6. The van der Waals surface area contributed by atoms with E-state index in [1.54, 1.807) is 18.2 Å². The first-order valence-corrected chi connectivity index (χ1v) is 9.38. The van der Waals surface area contributed by atoms with E-state index in [0.717, 1.165) is 35.7 Å². The highest BCUT2D eigenvalue weighted by Crippen LogP contribution is 2.29. The number of hydrogen-bond acceptors (Lipinski definition) is 3. The lowest BCUT2D eigenvalue weighted by molar-refractivity contribution is 0.422. The van der Waals surface area contributed by atoms with Crippen molar-refractivity contribution in [3.05, 3.63) is 28.2 Å². The number of rotatable bonds is 3. The third kappa shape index (κ3) is 3.85. The number of benzene rings is 1. The van der Waals surface area contributed by atoms with Crippen LogP contribution in [0.15, 0.2) is 27.6 Å². The predicted octanol–water partition coefficient (Wildman–Crippen LogP) is 3.65. The fraction of sp³-hybridized carbons (Fsp3) is 0.533. The van der Waals surface area contributed by atoms with E-state index in [9.17, 15) is 13.7 Å². The molecule has 0 spiro atoms. The van der Waals surface area contributed by atoms with Gasteiger partial charge in [0.2, 0.25) is 10.0 Å². The molecule has 6 heteroatoms. The normalized spacial score (nSPS) is 18.7. The number of nitrogens with zero attached hydrogens (tertiary/aromatic N) is 1. The summed E-state index contributed by atoms with van der Waals surface area (Å²) >= 11 is 3.36. The Morgan fingerprint density at radius 1 is 1.24 bits per heavy atom. The standard InChI is InChI=1S/C15H19BrN2O2S/c1-12-10-13(6-7-14(12)16)21(19,20)18-15(11-17)8-4-2-3-5-9-15/h6-7,10,18H,2-5,8-9H2,1H3. The molecule has 4 nitrogen and oxygen atoms in total. The van der Waals surface area contributed by atoms with E-state index in [0.29, 0.717) is 12.8 Å². The van der Waals surface area contributed by atoms with Crippen molar-refractivity contribution in [2.24, 2.45) is 0 Å². The third-order valence-corrected chi connectivity index (χ3v) is 6.36. The van der Waals surface area contributed by atoms with Gasteiger partial charge in [0, 0.05) is 4.47 Å². The summed E-state index contributed by atoms with van der Waals surface area (Å²) in [6.07, 6.45) is 5.05. The fourth-order valence-electron chi connectivity index (χ4n) is 2.67. The lowest BCUT2D eigenvalue weighted by atomic mass is 9.94. The number of aryl methyl sites for hydroxylation is 1. The van der Waals surface area contributed by atoms with Crippen molar-refractivity contribution >= 4 is 26.0 Å². The maximum atomic E-state index is 12.6. The van der Waals surface area contributed by atoms with Gasteiger partial charge in [0.05, 0.1) is 11.0 Å². The van der Waals surface area contributed by atoms with Crippen LogP contribution in [0.2, 0.25) is 0 Å². The Morgan fingerprint density at radius 2 is 1.86 bits per heavy atom. The Hall–Kier alpha value is -0.900. The van der Waals surface area contributed by atoms with E-state index < -0.39 is 15.6 Å². The van der Waals surface area contributed by atoms with Crippen LogP contribution in [0.5, 0.6) is 0 Å². The molecule has 0 atom stereocenters. The van der Waals surface area contributed by atoms with Crippen LogP contribution < -0.4 is 4.72 Å².